The molecule has 0 spiro atoms. The van der Waals surface area contributed by atoms with Gasteiger partial charge in [-0.1, -0.05) is 30.3 Å². The third kappa shape index (κ3) is 4.57. The smallest absolute Gasteiger partial charge is 0.315 e. The van der Waals surface area contributed by atoms with E-state index in [9.17, 15) is 4.79 Å². The molecule has 1 aliphatic heterocycles. The Balaban J connectivity index is 1.30. The quantitative estimate of drug-likeness (QED) is 0.686. The molecule has 0 saturated heterocycles. The van der Waals surface area contributed by atoms with E-state index in [1.54, 1.807) is 0 Å². The van der Waals surface area contributed by atoms with Gasteiger partial charge in [-0.05, 0) is 65.4 Å². The Kier molecular flexibility index (Phi) is 5.47. The van der Waals surface area contributed by atoms with E-state index < -0.39 is 0 Å². The summed E-state index contributed by atoms with van der Waals surface area (Å²) in [5, 5.41) is 5.79. The number of fused-ring (bicyclic) bond motifs is 1. The first-order valence-corrected chi connectivity index (χ1v) is 9.87. The number of benzene rings is 2. The molecule has 0 atom stereocenters. The number of nitrogens with one attached hydrogen (secondary N) is 2. The summed E-state index contributed by atoms with van der Waals surface area (Å²) < 4.78 is 5.57. The third-order valence-electron chi connectivity index (χ3n) is 5.23. The van der Waals surface area contributed by atoms with Crippen molar-refractivity contribution in [1.82, 2.24) is 15.6 Å². The normalized spacial score (nSPS) is 12.2. The molecule has 2 heterocycles. The molecule has 0 bridgehead atoms. The van der Waals surface area contributed by atoms with E-state index in [1.807, 2.05) is 44.3 Å². The number of amides is 2. The fourth-order valence-electron chi connectivity index (χ4n) is 3.51. The van der Waals surface area contributed by atoms with Crippen molar-refractivity contribution in [2.75, 3.05) is 6.61 Å². The zero-order valence-corrected chi connectivity index (χ0v) is 16.8. The second kappa shape index (κ2) is 8.35. The number of hydrogen-bond acceptors (Lipinski definition) is 3. The Labute approximate surface area is 171 Å². The number of aryl methyl sites for hydroxylation is 2. The predicted molar refractivity (Wildman–Crippen MR) is 114 cm³/mol. The summed E-state index contributed by atoms with van der Waals surface area (Å²) in [6.45, 7) is 5.70. The van der Waals surface area contributed by atoms with Crippen molar-refractivity contribution in [3.63, 3.8) is 0 Å². The van der Waals surface area contributed by atoms with Gasteiger partial charge < -0.3 is 15.4 Å². The average molecular weight is 387 g/mol. The lowest BCUT2D eigenvalue weighted by Crippen LogP contribution is -2.34. The Morgan fingerprint density at radius 3 is 2.55 bits per heavy atom. The molecule has 0 unspecified atom stereocenters. The number of aromatic nitrogens is 1. The van der Waals surface area contributed by atoms with E-state index in [2.05, 4.69) is 39.9 Å². The van der Waals surface area contributed by atoms with E-state index in [1.165, 1.54) is 11.1 Å². The summed E-state index contributed by atoms with van der Waals surface area (Å²) in [5.41, 5.74) is 7.81. The first kappa shape index (κ1) is 19.0. The van der Waals surface area contributed by atoms with E-state index in [4.69, 9.17) is 4.74 Å². The lowest BCUT2D eigenvalue weighted by molar-refractivity contribution is 0.240. The SMILES string of the molecule is Cc1cc(C)c(CNC(=O)NCc2ccc(-c3ccc4c(c3)CCO4)cc2)cn1. The van der Waals surface area contributed by atoms with Gasteiger partial charge in [0.2, 0.25) is 0 Å². The number of hydrogen-bond donors (Lipinski definition) is 2. The topological polar surface area (TPSA) is 63.2 Å². The molecule has 2 aromatic carbocycles. The molecule has 2 amide bonds. The summed E-state index contributed by atoms with van der Waals surface area (Å²) in [6.07, 6.45) is 2.78. The maximum atomic E-state index is 12.1. The molecular formula is C24H25N3O2. The maximum Gasteiger partial charge on any atom is 0.315 e. The number of ether oxygens (including phenoxy) is 1. The van der Waals surface area contributed by atoms with Crippen LogP contribution in [0, 0.1) is 13.8 Å². The van der Waals surface area contributed by atoms with E-state index in [0.717, 1.165) is 46.7 Å². The number of carbonyl (C=O) groups excluding carboxylic acids is 1. The van der Waals surface area contributed by atoms with E-state index >= 15 is 0 Å². The molecule has 0 aliphatic carbocycles. The molecule has 0 saturated carbocycles. The van der Waals surface area contributed by atoms with Gasteiger partial charge in [-0.3, -0.25) is 4.98 Å². The molecule has 4 rings (SSSR count). The second-order valence-corrected chi connectivity index (χ2v) is 7.41. The van der Waals surface area contributed by atoms with Gasteiger partial charge in [0.1, 0.15) is 5.75 Å². The van der Waals surface area contributed by atoms with Crippen LogP contribution in [0.4, 0.5) is 4.79 Å². The minimum absolute atomic E-state index is 0.187. The van der Waals surface area contributed by atoms with E-state index in [0.29, 0.717) is 13.1 Å². The van der Waals surface area contributed by atoms with Crippen LogP contribution in [-0.2, 0) is 19.5 Å². The molecule has 2 N–H and O–H groups in total. The highest BCUT2D eigenvalue weighted by Crippen LogP contribution is 2.30. The van der Waals surface area contributed by atoms with Crippen LogP contribution in [0.25, 0.3) is 11.1 Å². The molecule has 1 aliphatic rings. The minimum Gasteiger partial charge on any atom is -0.493 e. The van der Waals surface area contributed by atoms with Crippen molar-refractivity contribution < 1.29 is 9.53 Å². The van der Waals surface area contributed by atoms with Gasteiger partial charge in [-0.2, -0.15) is 0 Å². The monoisotopic (exact) mass is 387 g/mol. The molecule has 1 aromatic heterocycles. The Hall–Kier alpha value is -3.34. The number of carbonyl (C=O) groups is 1. The summed E-state index contributed by atoms with van der Waals surface area (Å²) in [6, 6.07) is 16.4. The molecule has 0 fully saturated rings. The zero-order valence-electron chi connectivity index (χ0n) is 16.8. The predicted octanol–water partition coefficient (Wildman–Crippen LogP) is 4.30. The molecule has 29 heavy (non-hydrogen) atoms. The van der Waals surface area contributed by atoms with E-state index in [-0.39, 0.29) is 6.03 Å². The zero-order chi connectivity index (χ0) is 20.2. The molecule has 148 valence electrons. The van der Waals surface area contributed by atoms with Crippen LogP contribution >= 0.6 is 0 Å². The number of nitrogens with zero attached hydrogens (tertiary/aromatic N) is 1. The van der Waals surface area contributed by atoms with Crippen LogP contribution in [0.15, 0.2) is 54.7 Å². The van der Waals surface area contributed by atoms with Crippen LogP contribution < -0.4 is 15.4 Å². The highest BCUT2D eigenvalue weighted by molar-refractivity contribution is 5.74. The first-order chi connectivity index (χ1) is 14.1. The van der Waals surface area contributed by atoms with Crippen LogP contribution in [0.2, 0.25) is 0 Å². The fourth-order valence-corrected chi connectivity index (χ4v) is 3.51. The van der Waals surface area contributed by atoms with Crippen molar-refractivity contribution in [2.24, 2.45) is 0 Å². The summed E-state index contributed by atoms with van der Waals surface area (Å²) >= 11 is 0. The highest BCUT2D eigenvalue weighted by Gasteiger charge is 2.12. The molecule has 5 nitrogen and oxygen atoms in total. The molecule has 3 aromatic rings. The van der Waals surface area contributed by atoms with Crippen molar-refractivity contribution in [3.8, 4) is 16.9 Å². The number of pyridine rings is 1. The van der Waals surface area contributed by atoms with Crippen LogP contribution in [0.1, 0.15) is 27.9 Å². The summed E-state index contributed by atoms with van der Waals surface area (Å²) in [4.78, 5) is 16.4. The number of urea groups is 1. The average Bonchev–Trinajstić information content (AvgIpc) is 3.20. The van der Waals surface area contributed by atoms with Gasteiger partial charge in [0, 0.05) is 31.4 Å². The van der Waals surface area contributed by atoms with Crippen LogP contribution in [0.5, 0.6) is 5.75 Å². The maximum absolute atomic E-state index is 12.1. The second-order valence-electron chi connectivity index (χ2n) is 7.41. The lowest BCUT2D eigenvalue weighted by Gasteiger charge is -2.10. The van der Waals surface area contributed by atoms with Crippen LogP contribution in [-0.4, -0.2) is 17.6 Å². The van der Waals surface area contributed by atoms with Crippen molar-refractivity contribution in [1.29, 1.82) is 0 Å². The van der Waals surface area contributed by atoms with Gasteiger partial charge >= 0.3 is 6.03 Å². The minimum atomic E-state index is -0.187. The van der Waals surface area contributed by atoms with Gasteiger partial charge in [-0.15, -0.1) is 0 Å². The Morgan fingerprint density at radius 1 is 1.00 bits per heavy atom. The Morgan fingerprint density at radius 2 is 1.76 bits per heavy atom. The van der Waals surface area contributed by atoms with Gasteiger partial charge in [0.25, 0.3) is 0 Å². The molecular weight excluding hydrogens is 362 g/mol. The largest absolute Gasteiger partial charge is 0.493 e. The van der Waals surface area contributed by atoms with Gasteiger partial charge in [0.15, 0.2) is 0 Å². The van der Waals surface area contributed by atoms with Crippen molar-refractivity contribution in [2.45, 2.75) is 33.4 Å². The standard InChI is InChI=1S/C24H25N3O2/c1-16-11-17(2)25-14-22(16)15-27-24(28)26-13-18-3-5-19(6-4-18)20-7-8-23-21(12-20)9-10-29-23/h3-8,11-12,14H,9-10,13,15H2,1-2H3,(H2,26,27,28). The Bertz CT molecular complexity index is 1030. The third-order valence-corrected chi connectivity index (χ3v) is 5.23. The lowest BCUT2D eigenvalue weighted by atomic mass is 10.0. The summed E-state index contributed by atoms with van der Waals surface area (Å²) in [5.74, 6) is 0.997. The van der Waals surface area contributed by atoms with Crippen molar-refractivity contribution >= 4 is 6.03 Å². The van der Waals surface area contributed by atoms with Gasteiger partial charge in [0.05, 0.1) is 6.61 Å². The molecule has 5 heteroatoms. The molecule has 0 radical (unpaired) electrons. The van der Waals surface area contributed by atoms with Crippen molar-refractivity contribution in [3.05, 3.63) is 82.7 Å². The van der Waals surface area contributed by atoms with Gasteiger partial charge in [-0.25, -0.2) is 4.79 Å². The fraction of sp³-hybridized carbons (Fsp3) is 0.250. The first-order valence-electron chi connectivity index (χ1n) is 9.87. The summed E-state index contributed by atoms with van der Waals surface area (Å²) in [7, 11) is 0. The highest BCUT2D eigenvalue weighted by atomic mass is 16.5. The number of rotatable bonds is 5. The van der Waals surface area contributed by atoms with Crippen LogP contribution in [0.3, 0.4) is 0 Å².